The third kappa shape index (κ3) is 3.77. The molecule has 0 saturated carbocycles. The number of nitrogens with two attached hydrogens (primary N) is 1. The van der Waals surface area contributed by atoms with Crippen LogP contribution >= 0.6 is 0 Å². The molecule has 2 aliphatic carbocycles. The van der Waals surface area contributed by atoms with Crippen LogP contribution in [0.15, 0.2) is 24.3 Å². The largest absolute Gasteiger partial charge is 0.507 e. The van der Waals surface area contributed by atoms with Crippen LogP contribution in [0.4, 0.5) is 0 Å². The second-order valence-electron chi connectivity index (χ2n) is 10.1. The van der Waals surface area contributed by atoms with E-state index >= 15 is 0 Å². The lowest BCUT2D eigenvalue weighted by atomic mass is 9.71. The molecule has 1 saturated heterocycles. The van der Waals surface area contributed by atoms with Gasteiger partial charge in [0.05, 0.1) is 36.5 Å². The number of methoxy groups -OCH3 is 1. The molecule has 38 heavy (non-hydrogen) atoms. The third-order valence-corrected chi connectivity index (χ3v) is 7.80. The molecule has 2 aromatic carbocycles. The molecule has 1 aliphatic heterocycles. The van der Waals surface area contributed by atoms with Gasteiger partial charge in [-0.2, -0.15) is 0 Å². The summed E-state index contributed by atoms with van der Waals surface area (Å²) in [4.78, 5) is 39.6. The average Bonchev–Trinajstić information content (AvgIpc) is 2.87. The Labute approximate surface area is 217 Å². The molecule has 11 nitrogen and oxygen atoms in total. The lowest BCUT2D eigenvalue weighted by molar-refractivity contribution is -0.251. The Morgan fingerprint density at radius 3 is 2.50 bits per heavy atom. The smallest absolute Gasteiger partial charge is 0.201 e. The van der Waals surface area contributed by atoms with E-state index < -0.39 is 71.9 Å². The van der Waals surface area contributed by atoms with Gasteiger partial charge in [0.15, 0.2) is 23.5 Å². The first-order valence-corrected chi connectivity index (χ1v) is 12.2. The fourth-order valence-electron chi connectivity index (χ4n) is 5.63. The summed E-state index contributed by atoms with van der Waals surface area (Å²) in [7, 11) is 1.35. The van der Waals surface area contributed by atoms with Crippen molar-refractivity contribution < 1.29 is 49.0 Å². The molecule has 1 fully saturated rings. The summed E-state index contributed by atoms with van der Waals surface area (Å²) in [6.07, 6.45) is -6.11. The highest BCUT2D eigenvalue weighted by Crippen LogP contribution is 2.52. The van der Waals surface area contributed by atoms with E-state index in [-0.39, 0.29) is 45.6 Å². The minimum Gasteiger partial charge on any atom is -0.507 e. The van der Waals surface area contributed by atoms with Gasteiger partial charge in [-0.25, -0.2) is 0 Å². The molecule has 0 spiro atoms. The van der Waals surface area contributed by atoms with Crippen LogP contribution in [0.1, 0.15) is 81.9 Å². The third-order valence-electron chi connectivity index (χ3n) is 7.80. The molecule has 3 aliphatic rings. The number of carbonyl (C=O) groups excluding carboxylic acids is 3. The number of phenolic OH excluding ortho intramolecular Hbond substituents is 1. The zero-order chi connectivity index (χ0) is 27.7. The van der Waals surface area contributed by atoms with E-state index in [1.165, 1.54) is 25.3 Å². The maximum absolute atomic E-state index is 13.6. The first-order valence-electron chi connectivity index (χ1n) is 12.2. The van der Waals surface area contributed by atoms with Gasteiger partial charge in [0.1, 0.15) is 17.6 Å². The fraction of sp³-hybridized carbons (Fsp3) is 0.444. The summed E-state index contributed by atoms with van der Waals surface area (Å²) >= 11 is 0. The molecule has 2 aromatic rings. The summed E-state index contributed by atoms with van der Waals surface area (Å²) in [6, 6.07) is 5.04. The van der Waals surface area contributed by atoms with Gasteiger partial charge in [0.25, 0.3) is 0 Å². The molecule has 0 aromatic heterocycles. The van der Waals surface area contributed by atoms with Crippen molar-refractivity contribution in [2.45, 2.75) is 69.0 Å². The number of aromatic hydroxyl groups is 1. The summed E-state index contributed by atoms with van der Waals surface area (Å²) < 4.78 is 17.1. The Morgan fingerprint density at radius 1 is 1.16 bits per heavy atom. The Hall–Kier alpha value is -3.19. The fourth-order valence-corrected chi connectivity index (χ4v) is 5.63. The monoisotopic (exact) mass is 527 g/mol. The standard InChI is InChI=1S/C27H29NO10/c1-10-22(30)15(28)8-18(37-10)38-17-9-27(35,11(2)29)26(34)14-7-13-21(25(33)20(14)17)24(32)19-12(23(13)31)5-4-6-16(19)36-3/h4-7,10,15,17-18,22,26,30,33-35H,8-9,28H2,1-3H3/t10-,15+,17-,18-,22-,26?,27-/m0/s1. The van der Waals surface area contributed by atoms with Gasteiger partial charge in [0, 0.05) is 35.6 Å². The van der Waals surface area contributed by atoms with Crippen LogP contribution in [0.25, 0.3) is 0 Å². The van der Waals surface area contributed by atoms with Crippen LogP contribution in [0.3, 0.4) is 0 Å². The molecular formula is C27H29NO10. The highest BCUT2D eigenvalue weighted by molar-refractivity contribution is 6.30. The maximum Gasteiger partial charge on any atom is 0.201 e. The highest BCUT2D eigenvalue weighted by Gasteiger charge is 2.52. The van der Waals surface area contributed by atoms with Crippen molar-refractivity contribution in [3.05, 3.63) is 57.6 Å². The van der Waals surface area contributed by atoms with E-state index in [9.17, 15) is 34.8 Å². The number of benzene rings is 2. The quantitative estimate of drug-likeness (QED) is 0.323. The van der Waals surface area contributed by atoms with E-state index in [0.717, 1.165) is 6.92 Å². The topological polar surface area (TPSA) is 186 Å². The van der Waals surface area contributed by atoms with Crippen LogP contribution in [0.5, 0.6) is 11.5 Å². The summed E-state index contributed by atoms with van der Waals surface area (Å²) in [5, 5.41) is 43.9. The summed E-state index contributed by atoms with van der Waals surface area (Å²) in [5.41, 5.74) is 3.06. The predicted molar refractivity (Wildman–Crippen MR) is 130 cm³/mol. The van der Waals surface area contributed by atoms with Crippen molar-refractivity contribution in [3.63, 3.8) is 0 Å². The average molecular weight is 528 g/mol. The van der Waals surface area contributed by atoms with Crippen LogP contribution in [-0.4, -0.2) is 75.0 Å². The number of hydrogen-bond donors (Lipinski definition) is 5. The van der Waals surface area contributed by atoms with E-state index in [4.69, 9.17) is 19.9 Å². The lowest BCUT2D eigenvalue weighted by Gasteiger charge is -2.43. The predicted octanol–water partition coefficient (Wildman–Crippen LogP) is 0.814. The van der Waals surface area contributed by atoms with Gasteiger partial charge in [-0.1, -0.05) is 12.1 Å². The number of fused-ring (bicyclic) bond motifs is 3. The maximum atomic E-state index is 13.6. The minimum atomic E-state index is -2.32. The molecule has 5 rings (SSSR count). The van der Waals surface area contributed by atoms with Gasteiger partial charge in [0.2, 0.25) is 5.78 Å². The van der Waals surface area contributed by atoms with Crippen molar-refractivity contribution in [1.29, 1.82) is 0 Å². The molecule has 0 radical (unpaired) electrons. The second kappa shape index (κ2) is 9.23. The summed E-state index contributed by atoms with van der Waals surface area (Å²) in [5.74, 6) is -2.49. The van der Waals surface area contributed by atoms with Gasteiger partial charge in [-0.3, -0.25) is 14.4 Å². The van der Waals surface area contributed by atoms with Gasteiger partial charge < -0.3 is 40.4 Å². The number of aliphatic hydroxyl groups excluding tert-OH is 2. The van der Waals surface area contributed by atoms with Crippen molar-refractivity contribution >= 4 is 17.3 Å². The molecule has 11 heteroatoms. The number of aliphatic hydroxyl groups is 3. The Kier molecular flexibility index (Phi) is 6.41. The van der Waals surface area contributed by atoms with E-state index in [1.54, 1.807) is 13.0 Å². The van der Waals surface area contributed by atoms with E-state index in [1.807, 2.05) is 0 Å². The van der Waals surface area contributed by atoms with Gasteiger partial charge in [-0.15, -0.1) is 0 Å². The molecule has 202 valence electrons. The molecule has 0 bridgehead atoms. The molecule has 0 amide bonds. The molecule has 1 unspecified atom stereocenters. The molecular weight excluding hydrogens is 498 g/mol. The van der Waals surface area contributed by atoms with Crippen LogP contribution in [0.2, 0.25) is 0 Å². The molecule has 7 atom stereocenters. The van der Waals surface area contributed by atoms with Crippen LogP contribution in [-0.2, 0) is 14.3 Å². The number of rotatable bonds is 4. The lowest BCUT2D eigenvalue weighted by Crippen LogP contribution is -2.53. The van der Waals surface area contributed by atoms with Crippen molar-refractivity contribution in [2.75, 3.05) is 7.11 Å². The first-order chi connectivity index (χ1) is 17.9. The van der Waals surface area contributed by atoms with Gasteiger partial charge >= 0.3 is 0 Å². The van der Waals surface area contributed by atoms with E-state index in [2.05, 4.69) is 0 Å². The normalized spacial score (nSPS) is 32.3. The zero-order valence-electron chi connectivity index (χ0n) is 21.0. The Balaban J connectivity index is 1.67. The van der Waals surface area contributed by atoms with Crippen molar-refractivity contribution in [2.24, 2.45) is 5.73 Å². The summed E-state index contributed by atoms with van der Waals surface area (Å²) in [6.45, 7) is 2.71. The Morgan fingerprint density at radius 2 is 1.87 bits per heavy atom. The number of phenols is 1. The van der Waals surface area contributed by atoms with Crippen LogP contribution < -0.4 is 10.5 Å². The molecule has 1 heterocycles. The van der Waals surface area contributed by atoms with Crippen molar-refractivity contribution in [1.82, 2.24) is 0 Å². The van der Waals surface area contributed by atoms with Crippen molar-refractivity contribution in [3.8, 4) is 11.5 Å². The minimum absolute atomic E-state index is 0.0128. The molecule has 6 N–H and O–H groups in total. The second-order valence-corrected chi connectivity index (χ2v) is 10.1. The number of ether oxygens (including phenoxy) is 3. The SMILES string of the molecule is COc1cccc2c1C(=O)c1c(cc3c(c1O)[C@@H](O[C@H]1C[C@@H](N)[C@@H](O)[C@H](C)O1)C[C@](O)(C(C)=O)C3O)C2=O. The first kappa shape index (κ1) is 26.4. The number of carbonyl (C=O) groups is 3. The van der Waals surface area contributed by atoms with E-state index in [0.29, 0.717) is 0 Å². The Bertz CT molecular complexity index is 1340. The highest BCUT2D eigenvalue weighted by atomic mass is 16.7. The van der Waals surface area contributed by atoms with Crippen LogP contribution in [0, 0.1) is 0 Å². The zero-order valence-corrected chi connectivity index (χ0v) is 21.0. The number of ketones is 3. The van der Waals surface area contributed by atoms with Gasteiger partial charge in [-0.05, 0) is 31.5 Å². The number of hydrogen-bond acceptors (Lipinski definition) is 11. The number of Topliss-reactive ketones (excluding diaryl/α,β-unsaturated/α-hetero) is 1.